The zero-order chi connectivity index (χ0) is 14.4. The van der Waals surface area contributed by atoms with E-state index in [0.29, 0.717) is 18.9 Å². The van der Waals surface area contributed by atoms with Gasteiger partial charge in [0.1, 0.15) is 0 Å². The number of hydrogen-bond donors (Lipinski definition) is 1. The molecule has 1 fully saturated rings. The molecule has 1 amide bonds. The van der Waals surface area contributed by atoms with Crippen LogP contribution in [0.3, 0.4) is 0 Å². The molecule has 0 aromatic heterocycles. The van der Waals surface area contributed by atoms with E-state index in [-0.39, 0.29) is 5.91 Å². The summed E-state index contributed by atoms with van der Waals surface area (Å²) in [4.78, 5) is 15.3. The van der Waals surface area contributed by atoms with Crippen LogP contribution >= 0.6 is 11.8 Å². The maximum Gasteiger partial charge on any atom is 0.222 e. The van der Waals surface area contributed by atoms with Crippen LogP contribution in [0.2, 0.25) is 0 Å². The maximum absolute atomic E-state index is 12.2. The second-order valence-corrected chi connectivity index (χ2v) is 6.39. The third-order valence-electron chi connectivity index (χ3n) is 3.87. The van der Waals surface area contributed by atoms with Crippen molar-refractivity contribution in [2.45, 2.75) is 30.7 Å². The van der Waals surface area contributed by atoms with Crippen molar-refractivity contribution in [3.63, 3.8) is 0 Å². The summed E-state index contributed by atoms with van der Waals surface area (Å²) in [7, 11) is 1.90. The Hall–Kier alpha value is -1.00. The number of hydrogen-bond acceptors (Lipinski definition) is 3. The lowest BCUT2D eigenvalue weighted by atomic mass is 9.95. The van der Waals surface area contributed by atoms with Crippen molar-refractivity contribution < 1.29 is 4.79 Å². The van der Waals surface area contributed by atoms with Gasteiger partial charge < -0.3 is 10.2 Å². The molecule has 1 aliphatic heterocycles. The summed E-state index contributed by atoms with van der Waals surface area (Å²) in [6.07, 6.45) is 5.11. The first kappa shape index (κ1) is 15.4. The van der Waals surface area contributed by atoms with Gasteiger partial charge in [-0.3, -0.25) is 4.79 Å². The van der Waals surface area contributed by atoms with Crippen molar-refractivity contribution in [2.75, 3.05) is 26.4 Å². The number of carbonyl (C=O) groups excluding carboxylic acids is 1. The average Bonchev–Trinajstić information content (AvgIpc) is 2.49. The zero-order valence-corrected chi connectivity index (χ0v) is 13.2. The first-order valence-corrected chi connectivity index (χ1v) is 8.49. The van der Waals surface area contributed by atoms with Crippen LogP contribution in [-0.4, -0.2) is 37.2 Å². The number of thioether (sulfide) groups is 1. The van der Waals surface area contributed by atoms with E-state index in [1.165, 1.54) is 23.3 Å². The van der Waals surface area contributed by atoms with Gasteiger partial charge in [0.05, 0.1) is 0 Å². The molecule has 1 aliphatic rings. The third-order valence-corrected chi connectivity index (χ3v) is 4.61. The molecule has 0 saturated carbocycles. The lowest BCUT2D eigenvalue weighted by molar-refractivity contribution is -0.131. The lowest BCUT2D eigenvalue weighted by Gasteiger charge is -2.25. The van der Waals surface area contributed by atoms with Crippen LogP contribution in [0.25, 0.3) is 0 Å². The van der Waals surface area contributed by atoms with Gasteiger partial charge in [-0.1, -0.05) is 12.1 Å². The Morgan fingerprint density at radius 2 is 2.15 bits per heavy atom. The van der Waals surface area contributed by atoms with Crippen molar-refractivity contribution in [3.05, 3.63) is 29.8 Å². The van der Waals surface area contributed by atoms with E-state index in [2.05, 4.69) is 35.8 Å². The molecule has 1 aromatic rings. The van der Waals surface area contributed by atoms with Crippen molar-refractivity contribution in [1.82, 2.24) is 10.2 Å². The summed E-state index contributed by atoms with van der Waals surface area (Å²) in [5.74, 6) is 0.769. The molecule has 1 heterocycles. The molecule has 1 aromatic carbocycles. The number of benzene rings is 1. The molecule has 4 heteroatoms. The average molecular weight is 292 g/mol. The second kappa shape index (κ2) is 7.70. The standard InChI is InChI=1S/C16H24N2OS/c1-18(12-13-5-7-15(20-2)8-6-13)16(19)10-14-4-3-9-17-11-14/h5-8,14,17H,3-4,9-12H2,1-2H3. The number of nitrogens with zero attached hydrogens (tertiary/aromatic N) is 1. The Morgan fingerprint density at radius 3 is 2.75 bits per heavy atom. The van der Waals surface area contributed by atoms with Gasteiger partial charge in [0.25, 0.3) is 0 Å². The van der Waals surface area contributed by atoms with Crippen molar-refractivity contribution >= 4 is 17.7 Å². The predicted molar refractivity (Wildman–Crippen MR) is 84.9 cm³/mol. The summed E-state index contributed by atoms with van der Waals surface area (Å²) >= 11 is 1.74. The molecule has 20 heavy (non-hydrogen) atoms. The largest absolute Gasteiger partial charge is 0.341 e. The fourth-order valence-electron chi connectivity index (χ4n) is 2.59. The summed E-state index contributed by atoms with van der Waals surface area (Å²) in [6, 6.07) is 8.45. The number of amides is 1. The lowest BCUT2D eigenvalue weighted by Crippen LogP contribution is -2.34. The summed E-state index contributed by atoms with van der Waals surface area (Å²) in [5, 5.41) is 3.37. The Balaban J connectivity index is 1.83. The van der Waals surface area contributed by atoms with Gasteiger partial charge in [0.2, 0.25) is 5.91 Å². The van der Waals surface area contributed by atoms with E-state index in [1.54, 1.807) is 11.8 Å². The Bertz CT molecular complexity index is 427. The third kappa shape index (κ3) is 4.53. The topological polar surface area (TPSA) is 32.3 Å². The maximum atomic E-state index is 12.2. The first-order chi connectivity index (χ1) is 9.69. The quantitative estimate of drug-likeness (QED) is 0.847. The molecule has 1 N–H and O–H groups in total. The molecule has 2 rings (SSSR count). The molecule has 3 nitrogen and oxygen atoms in total. The van der Waals surface area contributed by atoms with E-state index < -0.39 is 0 Å². The van der Waals surface area contributed by atoms with Crippen LogP contribution < -0.4 is 5.32 Å². The molecule has 0 bridgehead atoms. The summed E-state index contributed by atoms with van der Waals surface area (Å²) in [5.41, 5.74) is 1.19. The van der Waals surface area contributed by atoms with Gasteiger partial charge in [0, 0.05) is 24.9 Å². The zero-order valence-electron chi connectivity index (χ0n) is 12.4. The molecule has 0 radical (unpaired) electrons. The normalized spacial score (nSPS) is 18.8. The molecule has 110 valence electrons. The smallest absolute Gasteiger partial charge is 0.222 e. The summed E-state index contributed by atoms with van der Waals surface area (Å²) < 4.78 is 0. The van der Waals surface area contributed by atoms with Crippen molar-refractivity contribution in [2.24, 2.45) is 5.92 Å². The molecular formula is C16H24N2OS. The fraction of sp³-hybridized carbons (Fsp3) is 0.562. The minimum absolute atomic E-state index is 0.257. The number of carbonyl (C=O) groups is 1. The number of nitrogens with one attached hydrogen (secondary N) is 1. The van der Waals surface area contributed by atoms with Crippen LogP contribution in [-0.2, 0) is 11.3 Å². The highest BCUT2D eigenvalue weighted by Gasteiger charge is 2.19. The monoisotopic (exact) mass is 292 g/mol. The van der Waals surface area contributed by atoms with Gasteiger partial charge in [-0.05, 0) is 55.8 Å². The Labute approximate surface area is 126 Å². The van der Waals surface area contributed by atoms with Crippen molar-refractivity contribution in [1.29, 1.82) is 0 Å². The van der Waals surface area contributed by atoms with E-state index in [1.807, 2.05) is 11.9 Å². The fourth-order valence-corrected chi connectivity index (χ4v) is 3.00. The SMILES string of the molecule is CSc1ccc(CN(C)C(=O)CC2CCCNC2)cc1. The van der Waals surface area contributed by atoms with E-state index in [4.69, 9.17) is 0 Å². The second-order valence-electron chi connectivity index (χ2n) is 5.51. The minimum atomic E-state index is 0.257. The minimum Gasteiger partial charge on any atom is -0.341 e. The number of piperidine rings is 1. The first-order valence-electron chi connectivity index (χ1n) is 7.26. The van der Waals surface area contributed by atoms with Crippen LogP contribution in [0.15, 0.2) is 29.2 Å². The predicted octanol–water partition coefficient (Wildman–Crippen LogP) is 2.76. The van der Waals surface area contributed by atoms with E-state index in [9.17, 15) is 4.79 Å². The highest BCUT2D eigenvalue weighted by Crippen LogP contribution is 2.18. The molecule has 1 saturated heterocycles. The van der Waals surface area contributed by atoms with Crippen LogP contribution in [0, 0.1) is 5.92 Å². The molecule has 1 unspecified atom stereocenters. The molecular weight excluding hydrogens is 268 g/mol. The van der Waals surface area contributed by atoms with Gasteiger partial charge in [-0.2, -0.15) is 0 Å². The van der Waals surface area contributed by atoms with Crippen LogP contribution in [0.5, 0.6) is 0 Å². The Morgan fingerprint density at radius 1 is 1.40 bits per heavy atom. The van der Waals surface area contributed by atoms with E-state index >= 15 is 0 Å². The van der Waals surface area contributed by atoms with Gasteiger partial charge in [-0.15, -0.1) is 11.8 Å². The Kier molecular flexibility index (Phi) is 5.92. The highest BCUT2D eigenvalue weighted by molar-refractivity contribution is 7.98. The van der Waals surface area contributed by atoms with Crippen LogP contribution in [0.1, 0.15) is 24.8 Å². The molecule has 0 aliphatic carbocycles. The highest BCUT2D eigenvalue weighted by atomic mass is 32.2. The van der Waals surface area contributed by atoms with E-state index in [0.717, 1.165) is 13.1 Å². The number of rotatable bonds is 5. The molecule has 1 atom stereocenters. The van der Waals surface area contributed by atoms with Crippen LogP contribution in [0.4, 0.5) is 0 Å². The van der Waals surface area contributed by atoms with Gasteiger partial charge in [0.15, 0.2) is 0 Å². The van der Waals surface area contributed by atoms with Gasteiger partial charge in [-0.25, -0.2) is 0 Å². The summed E-state index contributed by atoms with van der Waals surface area (Å²) in [6.45, 7) is 2.79. The van der Waals surface area contributed by atoms with Crippen molar-refractivity contribution in [3.8, 4) is 0 Å². The van der Waals surface area contributed by atoms with Gasteiger partial charge >= 0.3 is 0 Å². The molecule has 0 spiro atoms.